The molecule has 0 radical (unpaired) electrons. The summed E-state index contributed by atoms with van der Waals surface area (Å²) in [4.78, 5) is 5.85. The summed E-state index contributed by atoms with van der Waals surface area (Å²) in [5.74, 6) is 0. The molecule has 1 fully saturated rings. The molecule has 1 aliphatic heterocycles. The molecule has 0 bridgehead atoms. The molecule has 1 aromatic rings. The Bertz CT molecular complexity index is 358. The van der Waals surface area contributed by atoms with E-state index in [2.05, 4.69) is 19.1 Å². The third kappa shape index (κ3) is 3.20. The minimum atomic E-state index is -0.170. The molecule has 3 nitrogen and oxygen atoms in total. The Balaban J connectivity index is 2.03. The summed E-state index contributed by atoms with van der Waals surface area (Å²) in [7, 11) is 0. The largest absolute Gasteiger partial charge is 0.345 e. The van der Waals surface area contributed by atoms with Crippen molar-refractivity contribution < 1.29 is 9.57 Å². The second kappa shape index (κ2) is 4.67. The number of anilines is 1. The van der Waals surface area contributed by atoms with E-state index in [4.69, 9.17) is 9.57 Å². The Morgan fingerprint density at radius 2 is 1.88 bits per heavy atom. The minimum absolute atomic E-state index is 0.148. The van der Waals surface area contributed by atoms with Crippen molar-refractivity contribution in [3.05, 3.63) is 30.3 Å². The van der Waals surface area contributed by atoms with Gasteiger partial charge in [-0.1, -0.05) is 18.2 Å². The second-order valence-corrected chi connectivity index (χ2v) is 5.51. The fourth-order valence-corrected chi connectivity index (χ4v) is 2.00. The van der Waals surface area contributed by atoms with Gasteiger partial charge in [0.25, 0.3) is 0 Å². The van der Waals surface area contributed by atoms with Gasteiger partial charge in [-0.2, -0.15) is 0 Å². The summed E-state index contributed by atoms with van der Waals surface area (Å²) in [6.07, 6.45) is 0.747. The fourth-order valence-electron chi connectivity index (χ4n) is 2.00. The summed E-state index contributed by atoms with van der Waals surface area (Å²) in [6, 6.07) is 10.5. The highest BCUT2D eigenvalue weighted by Gasteiger charge is 2.33. The lowest BCUT2D eigenvalue weighted by Gasteiger charge is -2.25. The van der Waals surface area contributed by atoms with E-state index in [-0.39, 0.29) is 11.9 Å². The van der Waals surface area contributed by atoms with E-state index in [1.54, 1.807) is 0 Å². The average Bonchev–Trinajstić information content (AvgIpc) is 2.58. The number of nitrogens with zero attached hydrogens (tertiary/aromatic N) is 1. The van der Waals surface area contributed by atoms with Crippen LogP contribution in [0.3, 0.4) is 0 Å². The monoisotopic (exact) mass is 235 g/mol. The van der Waals surface area contributed by atoms with Crippen molar-refractivity contribution in [1.29, 1.82) is 0 Å². The van der Waals surface area contributed by atoms with Crippen molar-refractivity contribution in [3.8, 4) is 0 Å². The van der Waals surface area contributed by atoms with Gasteiger partial charge in [0.2, 0.25) is 0 Å². The Morgan fingerprint density at radius 1 is 1.24 bits per heavy atom. The van der Waals surface area contributed by atoms with Gasteiger partial charge in [-0.3, -0.25) is 0 Å². The van der Waals surface area contributed by atoms with Gasteiger partial charge in [-0.25, -0.2) is 9.90 Å². The number of hydrogen-bond donors (Lipinski definition) is 0. The van der Waals surface area contributed by atoms with Gasteiger partial charge < -0.3 is 4.74 Å². The van der Waals surface area contributed by atoms with Crippen LogP contribution in [-0.2, 0) is 9.57 Å². The maximum atomic E-state index is 5.86. The first-order valence-corrected chi connectivity index (χ1v) is 6.14. The first kappa shape index (κ1) is 12.4. The van der Waals surface area contributed by atoms with E-state index in [0.29, 0.717) is 6.04 Å². The lowest BCUT2D eigenvalue weighted by Crippen LogP contribution is -2.29. The molecule has 0 aromatic heterocycles. The summed E-state index contributed by atoms with van der Waals surface area (Å²) in [6.45, 7) is 8.30. The zero-order chi connectivity index (χ0) is 12.5. The van der Waals surface area contributed by atoms with E-state index in [9.17, 15) is 0 Å². The SMILES string of the molecule is C[C@H]1C[C@@H](OC(C)(C)C)ON1c1ccccc1. The van der Waals surface area contributed by atoms with Gasteiger partial charge in [0.1, 0.15) is 0 Å². The molecule has 0 N–H and O–H groups in total. The van der Waals surface area contributed by atoms with Crippen molar-refractivity contribution in [2.24, 2.45) is 0 Å². The molecule has 1 aromatic carbocycles. The summed E-state index contributed by atoms with van der Waals surface area (Å²) in [5.41, 5.74) is 0.914. The van der Waals surface area contributed by atoms with Crippen molar-refractivity contribution in [2.75, 3.05) is 5.06 Å². The van der Waals surface area contributed by atoms with Crippen LogP contribution in [0.5, 0.6) is 0 Å². The van der Waals surface area contributed by atoms with Gasteiger partial charge in [-0.05, 0) is 39.8 Å². The molecule has 1 heterocycles. The Labute approximate surface area is 103 Å². The van der Waals surface area contributed by atoms with Crippen LogP contribution in [0.25, 0.3) is 0 Å². The van der Waals surface area contributed by atoms with Crippen LogP contribution in [-0.4, -0.2) is 17.9 Å². The Kier molecular flexibility index (Phi) is 3.40. The van der Waals surface area contributed by atoms with Crippen LogP contribution in [0.15, 0.2) is 30.3 Å². The molecular formula is C14H21NO2. The zero-order valence-corrected chi connectivity index (χ0v) is 11.0. The van der Waals surface area contributed by atoms with E-state index in [0.717, 1.165) is 12.1 Å². The molecule has 0 unspecified atom stereocenters. The molecule has 0 spiro atoms. The van der Waals surface area contributed by atoms with E-state index >= 15 is 0 Å². The number of ether oxygens (including phenoxy) is 1. The van der Waals surface area contributed by atoms with E-state index in [1.807, 2.05) is 44.0 Å². The quantitative estimate of drug-likeness (QED) is 0.784. The highest BCUT2D eigenvalue weighted by atomic mass is 16.8. The lowest BCUT2D eigenvalue weighted by molar-refractivity contribution is -0.176. The third-order valence-corrected chi connectivity index (χ3v) is 2.66. The van der Waals surface area contributed by atoms with Gasteiger partial charge in [0.15, 0.2) is 6.29 Å². The molecule has 0 aliphatic carbocycles. The predicted molar refractivity (Wildman–Crippen MR) is 68.7 cm³/mol. The van der Waals surface area contributed by atoms with Crippen LogP contribution >= 0.6 is 0 Å². The van der Waals surface area contributed by atoms with Crippen LogP contribution in [0.2, 0.25) is 0 Å². The molecule has 0 amide bonds. The molecule has 1 aliphatic rings. The van der Waals surface area contributed by atoms with Gasteiger partial charge in [0, 0.05) is 6.42 Å². The van der Waals surface area contributed by atoms with Gasteiger partial charge >= 0.3 is 0 Å². The molecular weight excluding hydrogens is 214 g/mol. The number of hydroxylamine groups is 1. The van der Waals surface area contributed by atoms with E-state index < -0.39 is 0 Å². The van der Waals surface area contributed by atoms with E-state index in [1.165, 1.54) is 0 Å². The fraction of sp³-hybridized carbons (Fsp3) is 0.571. The molecule has 17 heavy (non-hydrogen) atoms. The second-order valence-electron chi connectivity index (χ2n) is 5.51. The van der Waals surface area contributed by atoms with Crippen molar-refractivity contribution in [3.63, 3.8) is 0 Å². The first-order valence-electron chi connectivity index (χ1n) is 6.14. The molecule has 3 heteroatoms. The van der Waals surface area contributed by atoms with Gasteiger partial charge in [-0.15, -0.1) is 0 Å². The summed E-state index contributed by atoms with van der Waals surface area (Å²) >= 11 is 0. The summed E-state index contributed by atoms with van der Waals surface area (Å²) < 4.78 is 5.86. The number of rotatable bonds is 2. The van der Waals surface area contributed by atoms with Crippen molar-refractivity contribution in [1.82, 2.24) is 0 Å². The molecule has 94 valence electrons. The summed E-state index contributed by atoms with van der Waals surface area (Å²) in [5, 5.41) is 1.94. The lowest BCUT2D eigenvalue weighted by atomic mass is 10.2. The van der Waals surface area contributed by atoms with Crippen LogP contribution in [0.4, 0.5) is 5.69 Å². The topological polar surface area (TPSA) is 21.7 Å². The Hall–Kier alpha value is -1.06. The molecule has 0 saturated carbocycles. The number of para-hydroxylation sites is 1. The standard InChI is InChI=1S/C14H21NO2/c1-11-10-13(16-14(2,3)4)17-15(11)12-8-6-5-7-9-12/h5-9,11,13H,10H2,1-4H3/t11-,13-/m0/s1. The highest BCUT2D eigenvalue weighted by molar-refractivity contribution is 5.44. The molecule has 1 saturated heterocycles. The van der Waals surface area contributed by atoms with Crippen molar-refractivity contribution >= 4 is 5.69 Å². The zero-order valence-electron chi connectivity index (χ0n) is 11.0. The molecule has 2 rings (SSSR count). The highest BCUT2D eigenvalue weighted by Crippen LogP contribution is 2.29. The number of hydrogen-bond acceptors (Lipinski definition) is 3. The van der Waals surface area contributed by atoms with Crippen LogP contribution in [0, 0.1) is 0 Å². The minimum Gasteiger partial charge on any atom is -0.345 e. The van der Waals surface area contributed by atoms with Crippen molar-refractivity contribution in [2.45, 2.75) is 52.0 Å². The molecule has 2 atom stereocenters. The smallest absolute Gasteiger partial charge is 0.186 e. The normalized spacial score (nSPS) is 25.3. The predicted octanol–water partition coefficient (Wildman–Crippen LogP) is 3.36. The first-order chi connectivity index (χ1) is 7.96. The number of benzene rings is 1. The van der Waals surface area contributed by atoms with Crippen LogP contribution < -0.4 is 5.06 Å². The third-order valence-electron chi connectivity index (χ3n) is 2.66. The average molecular weight is 235 g/mol. The van der Waals surface area contributed by atoms with Gasteiger partial charge in [0.05, 0.1) is 17.3 Å². The maximum Gasteiger partial charge on any atom is 0.186 e. The maximum absolute atomic E-state index is 5.86. The van der Waals surface area contributed by atoms with Crippen LogP contribution in [0.1, 0.15) is 34.1 Å². The Morgan fingerprint density at radius 3 is 2.47 bits per heavy atom.